The minimum absolute atomic E-state index is 0.635. The van der Waals surface area contributed by atoms with Crippen LogP contribution in [0.15, 0.2) is 18.2 Å². The smallest absolute Gasteiger partial charge is 0.0108 e. The van der Waals surface area contributed by atoms with Crippen molar-refractivity contribution in [3.8, 4) is 0 Å². The predicted octanol–water partition coefficient (Wildman–Crippen LogP) is 2.77. The molecule has 1 N–H and O–H groups in total. The molecule has 0 amide bonds. The van der Waals surface area contributed by atoms with Crippen LogP contribution in [0.3, 0.4) is 0 Å². The lowest BCUT2D eigenvalue weighted by molar-refractivity contribution is 0.592. The lowest BCUT2D eigenvalue weighted by Gasteiger charge is -2.18. The van der Waals surface area contributed by atoms with Gasteiger partial charge in [-0.1, -0.05) is 18.2 Å². The molecule has 1 fully saturated rings. The summed E-state index contributed by atoms with van der Waals surface area (Å²) in [5, 5.41) is 3.51. The highest BCUT2D eigenvalue weighted by Gasteiger charge is 2.25. The van der Waals surface area contributed by atoms with Crippen molar-refractivity contribution in [3.05, 3.63) is 34.9 Å². The standard InChI is InChI=1S/C13H19N/c1-9-5-4-6-12(10(9)2)13-7-8-14-11(13)3/h4-6,11,13-14H,7-8H2,1-3H3. The first kappa shape index (κ1) is 9.72. The number of aryl methyl sites for hydroxylation is 1. The average molecular weight is 189 g/mol. The van der Waals surface area contributed by atoms with Gasteiger partial charge in [-0.15, -0.1) is 0 Å². The molecule has 2 unspecified atom stereocenters. The number of benzene rings is 1. The van der Waals surface area contributed by atoms with E-state index >= 15 is 0 Å². The highest BCUT2D eigenvalue weighted by molar-refractivity contribution is 5.36. The van der Waals surface area contributed by atoms with Crippen molar-refractivity contribution in [3.63, 3.8) is 0 Å². The summed E-state index contributed by atoms with van der Waals surface area (Å²) >= 11 is 0. The molecular weight excluding hydrogens is 170 g/mol. The van der Waals surface area contributed by atoms with Gasteiger partial charge in [0, 0.05) is 12.0 Å². The van der Waals surface area contributed by atoms with Gasteiger partial charge in [-0.05, 0) is 50.4 Å². The van der Waals surface area contributed by atoms with E-state index < -0.39 is 0 Å². The Hall–Kier alpha value is -0.820. The maximum absolute atomic E-state index is 3.51. The summed E-state index contributed by atoms with van der Waals surface area (Å²) in [4.78, 5) is 0. The quantitative estimate of drug-likeness (QED) is 0.716. The van der Waals surface area contributed by atoms with Crippen molar-refractivity contribution in [2.24, 2.45) is 0 Å². The van der Waals surface area contributed by atoms with Crippen molar-refractivity contribution in [2.75, 3.05) is 6.54 Å². The topological polar surface area (TPSA) is 12.0 Å². The third-order valence-corrected chi connectivity index (χ3v) is 3.57. The molecule has 1 aliphatic rings. The van der Waals surface area contributed by atoms with E-state index in [1.54, 1.807) is 5.56 Å². The Kier molecular flexibility index (Phi) is 2.60. The molecule has 0 saturated carbocycles. The zero-order valence-electron chi connectivity index (χ0n) is 9.30. The van der Waals surface area contributed by atoms with Crippen LogP contribution in [0.2, 0.25) is 0 Å². The largest absolute Gasteiger partial charge is 0.314 e. The van der Waals surface area contributed by atoms with Gasteiger partial charge in [0.15, 0.2) is 0 Å². The van der Waals surface area contributed by atoms with Crippen LogP contribution in [0, 0.1) is 13.8 Å². The van der Waals surface area contributed by atoms with Crippen LogP contribution in [-0.4, -0.2) is 12.6 Å². The summed E-state index contributed by atoms with van der Waals surface area (Å²) in [5.41, 5.74) is 4.44. The Morgan fingerprint density at radius 3 is 2.71 bits per heavy atom. The third kappa shape index (κ3) is 1.57. The molecule has 1 aromatic carbocycles. The van der Waals surface area contributed by atoms with Crippen molar-refractivity contribution >= 4 is 0 Å². The Labute approximate surface area is 86.5 Å². The molecule has 1 saturated heterocycles. The SMILES string of the molecule is Cc1cccc(C2CCNC2C)c1C. The van der Waals surface area contributed by atoms with Crippen LogP contribution < -0.4 is 5.32 Å². The molecule has 76 valence electrons. The fourth-order valence-electron chi connectivity index (χ4n) is 2.46. The first-order chi connectivity index (χ1) is 6.70. The summed E-state index contributed by atoms with van der Waals surface area (Å²) in [6.07, 6.45) is 1.28. The van der Waals surface area contributed by atoms with Gasteiger partial charge >= 0.3 is 0 Å². The normalized spacial score (nSPS) is 26.8. The second kappa shape index (κ2) is 3.74. The predicted molar refractivity (Wildman–Crippen MR) is 60.7 cm³/mol. The first-order valence-corrected chi connectivity index (χ1v) is 5.49. The van der Waals surface area contributed by atoms with E-state index in [1.807, 2.05) is 0 Å². The minimum atomic E-state index is 0.635. The molecule has 1 nitrogen and oxygen atoms in total. The van der Waals surface area contributed by atoms with Crippen molar-refractivity contribution in [2.45, 2.75) is 39.2 Å². The molecule has 1 aromatic rings. The second-order valence-corrected chi connectivity index (χ2v) is 4.43. The molecule has 0 radical (unpaired) electrons. The van der Waals surface area contributed by atoms with Crippen LogP contribution in [0.4, 0.5) is 0 Å². The van der Waals surface area contributed by atoms with Gasteiger partial charge in [-0.3, -0.25) is 0 Å². The summed E-state index contributed by atoms with van der Waals surface area (Å²) in [7, 11) is 0. The van der Waals surface area contributed by atoms with Crippen LogP contribution in [0.5, 0.6) is 0 Å². The molecule has 1 heterocycles. The fraction of sp³-hybridized carbons (Fsp3) is 0.538. The summed E-state index contributed by atoms with van der Waals surface area (Å²) in [6.45, 7) is 7.90. The van der Waals surface area contributed by atoms with Crippen LogP contribution >= 0.6 is 0 Å². The fourth-order valence-corrected chi connectivity index (χ4v) is 2.46. The zero-order chi connectivity index (χ0) is 10.1. The monoisotopic (exact) mass is 189 g/mol. The maximum Gasteiger partial charge on any atom is 0.0108 e. The number of hydrogen-bond donors (Lipinski definition) is 1. The molecule has 0 aromatic heterocycles. The zero-order valence-corrected chi connectivity index (χ0v) is 9.30. The lowest BCUT2D eigenvalue weighted by atomic mass is 9.88. The van der Waals surface area contributed by atoms with E-state index in [4.69, 9.17) is 0 Å². The van der Waals surface area contributed by atoms with E-state index in [0.29, 0.717) is 6.04 Å². The first-order valence-electron chi connectivity index (χ1n) is 5.49. The summed E-state index contributed by atoms with van der Waals surface area (Å²) in [5.74, 6) is 0.717. The Morgan fingerprint density at radius 2 is 2.07 bits per heavy atom. The summed E-state index contributed by atoms with van der Waals surface area (Å²) in [6, 6.07) is 7.31. The average Bonchev–Trinajstić information content (AvgIpc) is 2.57. The molecule has 1 aliphatic heterocycles. The van der Waals surface area contributed by atoms with E-state index in [9.17, 15) is 0 Å². The van der Waals surface area contributed by atoms with Crippen LogP contribution in [0.1, 0.15) is 36.0 Å². The third-order valence-electron chi connectivity index (χ3n) is 3.57. The van der Waals surface area contributed by atoms with E-state index in [-0.39, 0.29) is 0 Å². The van der Waals surface area contributed by atoms with Gasteiger partial charge in [-0.25, -0.2) is 0 Å². The van der Waals surface area contributed by atoms with Gasteiger partial charge in [-0.2, -0.15) is 0 Å². The van der Waals surface area contributed by atoms with Crippen LogP contribution in [0.25, 0.3) is 0 Å². The Bertz CT molecular complexity index is 330. The highest BCUT2D eigenvalue weighted by Crippen LogP contribution is 2.30. The van der Waals surface area contributed by atoms with E-state index in [0.717, 1.165) is 5.92 Å². The van der Waals surface area contributed by atoms with Gasteiger partial charge in [0.05, 0.1) is 0 Å². The minimum Gasteiger partial charge on any atom is -0.314 e. The van der Waals surface area contributed by atoms with Gasteiger partial charge < -0.3 is 5.32 Å². The second-order valence-electron chi connectivity index (χ2n) is 4.43. The number of hydrogen-bond acceptors (Lipinski definition) is 1. The van der Waals surface area contributed by atoms with E-state index in [2.05, 4.69) is 44.3 Å². The number of nitrogens with one attached hydrogen (secondary N) is 1. The van der Waals surface area contributed by atoms with Gasteiger partial charge in [0.25, 0.3) is 0 Å². The van der Waals surface area contributed by atoms with Gasteiger partial charge in [0.2, 0.25) is 0 Å². The molecular formula is C13H19N. The summed E-state index contributed by atoms with van der Waals surface area (Å²) < 4.78 is 0. The van der Waals surface area contributed by atoms with Crippen molar-refractivity contribution in [1.29, 1.82) is 0 Å². The van der Waals surface area contributed by atoms with Crippen LogP contribution in [-0.2, 0) is 0 Å². The molecule has 0 aliphatic carbocycles. The van der Waals surface area contributed by atoms with Crippen molar-refractivity contribution < 1.29 is 0 Å². The highest BCUT2D eigenvalue weighted by atomic mass is 14.9. The molecule has 0 spiro atoms. The van der Waals surface area contributed by atoms with Gasteiger partial charge in [0.1, 0.15) is 0 Å². The van der Waals surface area contributed by atoms with E-state index in [1.165, 1.54) is 24.1 Å². The number of rotatable bonds is 1. The molecule has 0 bridgehead atoms. The molecule has 2 atom stereocenters. The lowest BCUT2D eigenvalue weighted by Crippen LogP contribution is -2.22. The Morgan fingerprint density at radius 1 is 1.29 bits per heavy atom. The molecule has 2 rings (SSSR count). The maximum atomic E-state index is 3.51. The Balaban J connectivity index is 2.36. The molecule has 1 heteroatoms. The molecule has 14 heavy (non-hydrogen) atoms. The van der Waals surface area contributed by atoms with Crippen molar-refractivity contribution in [1.82, 2.24) is 5.32 Å².